The standard InChI is InChI=1S/C30H33NO5/c1-29(2,3)36-26(32)22-18-16-21(17-19-22)20-25(27(33)35-5)31-28(34)30(4,23-12-8-6-9-13-23)24-14-10-7-11-15-24/h6-19,25H,20H2,1-5H3,(H,31,34)/t25-/m1/s1. The molecule has 0 saturated heterocycles. The van der Waals surface area contributed by atoms with Crippen molar-refractivity contribution in [1.82, 2.24) is 5.32 Å². The largest absolute Gasteiger partial charge is 0.467 e. The summed E-state index contributed by atoms with van der Waals surface area (Å²) in [6, 6.07) is 24.8. The van der Waals surface area contributed by atoms with E-state index < -0.39 is 29.0 Å². The SMILES string of the molecule is COC(=O)[C@@H](Cc1ccc(C(=O)OC(C)(C)C)cc1)NC(=O)C(C)(c1ccccc1)c1ccccc1. The average Bonchev–Trinajstić information content (AvgIpc) is 2.87. The molecule has 0 unspecified atom stereocenters. The van der Waals surface area contributed by atoms with Crippen molar-refractivity contribution in [3.05, 3.63) is 107 Å². The van der Waals surface area contributed by atoms with Gasteiger partial charge in [-0.3, -0.25) is 4.79 Å². The van der Waals surface area contributed by atoms with Crippen molar-refractivity contribution in [2.24, 2.45) is 0 Å². The fraction of sp³-hybridized carbons (Fsp3) is 0.300. The van der Waals surface area contributed by atoms with Crippen molar-refractivity contribution in [2.75, 3.05) is 7.11 Å². The molecule has 188 valence electrons. The zero-order valence-corrected chi connectivity index (χ0v) is 21.4. The molecule has 0 spiro atoms. The van der Waals surface area contributed by atoms with E-state index in [4.69, 9.17) is 9.47 Å². The lowest BCUT2D eigenvalue weighted by atomic mass is 9.75. The molecule has 0 saturated carbocycles. The molecule has 0 aliphatic carbocycles. The fourth-order valence-corrected chi connectivity index (χ4v) is 3.96. The molecule has 0 heterocycles. The zero-order valence-electron chi connectivity index (χ0n) is 21.4. The van der Waals surface area contributed by atoms with Gasteiger partial charge in [0.05, 0.1) is 18.1 Å². The van der Waals surface area contributed by atoms with Crippen molar-refractivity contribution in [3.63, 3.8) is 0 Å². The Balaban J connectivity index is 1.85. The Kier molecular flexibility index (Phi) is 8.30. The van der Waals surface area contributed by atoms with Crippen molar-refractivity contribution in [3.8, 4) is 0 Å². The highest BCUT2D eigenvalue weighted by Gasteiger charge is 2.39. The van der Waals surface area contributed by atoms with Crippen molar-refractivity contribution < 1.29 is 23.9 Å². The number of hydrogen-bond donors (Lipinski definition) is 1. The van der Waals surface area contributed by atoms with Crippen LogP contribution in [-0.2, 0) is 30.9 Å². The smallest absolute Gasteiger partial charge is 0.338 e. The monoisotopic (exact) mass is 487 g/mol. The van der Waals surface area contributed by atoms with Gasteiger partial charge in [-0.15, -0.1) is 0 Å². The molecule has 0 radical (unpaired) electrons. The third kappa shape index (κ3) is 6.39. The molecule has 0 aliphatic heterocycles. The molecule has 3 aromatic carbocycles. The van der Waals surface area contributed by atoms with E-state index in [9.17, 15) is 14.4 Å². The summed E-state index contributed by atoms with van der Waals surface area (Å²) in [5.74, 6) is -1.29. The van der Waals surface area contributed by atoms with E-state index in [1.807, 2.05) is 88.4 Å². The molecule has 0 bridgehead atoms. The summed E-state index contributed by atoms with van der Waals surface area (Å²) in [4.78, 5) is 38.8. The second-order valence-electron chi connectivity index (χ2n) is 9.81. The molecule has 6 heteroatoms. The molecule has 6 nitrogen and oxygen atoms in total. The lowest BCUT2D eigenvalue weighted by molar-refractivity contribution is -0.145. The quantitative estimate of drug-likeness (QED) is 0.460. The molecule has 0 fully saturated rings. The lowest BCUT2D eigenvalue weighted by Crippen LogP contribution is -2.51. The number of methoxy groups -OCH3 is 1. The first-order chi connectivity index (χ1) is 17.0. The topological polar surface area (TPSA) is 81.7 Å². The Bertz CT molecular complexity index is 1140. The fourth-order valence-electron chi connectivity index (χ4n) is 3.96. The summed E-state index contributed by atoms with van der Waals surface area (Å²) in [7, 11) is 1.29. The third-order valence-corrected chi connectivity index (χ3v) is 5.98. The van der Waals surface area contributed by atoms with E-state index in [2.05, 4.69) is 5.32 Å². The molecule has 0 aliphatic rings. The Labute approximate surface area is 212 Å². The van der Waals surface area contributed by atoms with Crippen LogP contribution in [0.4, 0.5) is 0 Å². The van der Waals surface area contributed by atoms with E-state index in [1.54, 1.807) is 24.3 Å². The van der Waals surface area contributed by atoms with Crippen molar-refractivity contribution >= 4 is 17.8 Å². The maximum absolute atomic E-state index is 13.8. The summed E-state index contributed by atoms with van der Waals surface area (Å²) in [6.45, 7) is 7.27. The van der Waals surface area contributed by atoms with Gasteiger partial charge in [0.15, 0.2) is 0 Å². The number of nitrogens with one attached hydrogen (secondary N) is 1. The van der Waals surface area contributed by atoms with E-state index in [-0.39, 0.29) is 12.3 Å². The van der Waals surface area contributed by atoms with E-state index in [0.29, 0.717) is 5.56 Å². The van der Waals surface area contributed by atoms with Gasteiger partial charge < -0.3 is 14.8 Å². The number of carbonyl (C=O) groups is 3. The first-order valence-corrected chi connectivity index (χ1v) is 11.9. The van der Waals surface area contributed by atoms with Crippen LogP contribution in [-0.4, -0.2) is 36.6 Å². The number of carbonyl (C=O) groups excluding carboxylic acids is 3. The number of hydrogen-bond acceptors (Lipinski definition) is 5. The van der Waals surface area contributed by atoms with Gasteiger partial charge in [-0.05, 0) is 56.5 Å². The normalized spacial score (nSPS) is 12.4. The van der Waals surface area contributed by atoms with Gasteiger partial charge in [-0.2, -0.15) is 0 Å². The van der Waals surface area contributed by atoms with E-state index in [0.717, 1.165) is 16.7 Å². The highest BCUT2D eigenvalue weighted by molar-refractivity contribution is 5.94. The Hall–Kier alpha value is -3.93. The highest BCUT2D eigenvalue weighted by Crippen LogP contribution is 2.32. The Morgan fingerprint density at radius 3 is 1.72 bits per heavy atom. The second-order valence-corrected chi connectivity index (χ2v) is 9.81. The predicted molar refractivity (Wildman–Crippen MR) is 139 cm³/mol. The summed E-state index contributed by atoms with van der Waals surface area (Å²) < 4.78 is 10.4. The first-order valence-electron chi connectivity index (χ1n) is 11.9. The van der Waals surface area contributed by atoms with E-state index in [1.165, 1.54) is 7.11 Å². The predicted octanol–water partition coefficient (Wildman–Crippen LogP) is 4.85. The van der Waals surface area contributed by atoms with Crippen LogP contribution in [0.5, 0.6) is 0 Å². The second kappa shape index (κ2) is 11.2. The molecule has 1 atom stereocenters. The van der Waals surface area contributed by atoms with Gasteiger partial charge in [0.2, 0.25) is 5.91 Å². The van der Waals surface area contributed by atoms with Crippen LogP contribution in [0.15, 0.2) is 84.9 Å². The lowest BCUT2D eigenvalue weighted by Gasteiger charge is -2.31. The van der Waals surface area contributed by atoms with Crippen LogP contribution < -0.4 is 5.32 Å². The van der Waals surface area contributed by atoms with Gasteiger partial charge in [-0.25, -0.2) is 9.59 Å². The van der Waals surface area contributed by atoms with Crippen LogP contribution in [0.1, 0.15) is 54.7 Å². The number of ether oxygens (including phenoxy) is 2. The molecular formula is C30H33NO5. The van der Waals surface area contributed by atoms with Gasteiger partial charge in [0, 0.05) is 6.42 Å². The minimum absolute atomic E-state index is 0.201. The van der Waals surface area contributed by atoms with Gasteiger partial charge >= 0.3 is 11.9 Å². The van der Waals surface area contributed by atoms with Crippen LogP contribution in [0.25, 0.3) is 0 Å². The van der Waals surface area contributed by atoms with Crippen molar-refractivity contribution in [1.29, 1.82) is 0 Å². The summed E-state index contributed by atoms with van der Waals surface area (Å²) >= 11 is 0. The molecular weight excluding hydrogens is 454 g/mol. The molecule has 3 rings (SSSR count). The van der Waals surface area contributed by atoms with Gasteiger partial charge in [0.25, 0.3) is 0 Å². The summed E-state index contributed by atoms with van der Waals surface area (Å²) in [5, 5.41) is 2.92. The average molecular weight is 488 g/mol. The minimum atomic E-state index is -1.03. The third-order valence-electron chi connectivity index (χ3n) is 5.98. The van der Waals surface area contributed by atoms with E-state index >= 15 is 0 Å². The zero-order chi connectivity index (χ0) is 26.3. The molecule has 3 aromatic rings. The molecule has 36 heavy (non-hydrogen) atoms. The summed E-state index contributed by atoms with van der Waals surface area (Å²) in [6.07, 6.45) is 0.201. The van der Waals surface area contributed by atoms with Crippen LogP contribution in [0.2, 0.25) is 0 Å². The Morgan fingerprint density at radius 2 is 1.28 bits per heavy atom. The van der Waals surface area contributed by atoms with Crippen LogP contribution in [0, 0.1) is 0 Å². The number of rotatable bonds is 8. The highest BCUT2D eigenvalue weighted by atomic mass is 16.6. The maximum atomic E-state index is 13.8. The number of esters is 2. The molecule has 0 aromatic heterocycles. The Morgan fingerprint density at radius 1 is 0.778 bits per heavy atom. The molecule has 1 N–H and O–H groups in total. The van der Waals surface area contributed by atoms with Gasteiger partial charge in [-0.1, -0.05) is 72.8 Å². The minimum Gasteiger partial charge on any atom is -0.467 e. The van der Waals surface area contributed by atoms with Crippen LogP contribution >= 0.6 is 0 Å². The maximum Gasteiger partial charge on any atom is 0.338 e. The first kappa shape index (κ1) is 26.7. The number of amides is 1. The van der Waals surface area contributed by atoms with Crippen molar-refractivity contribution in [2.45, 2.75) is 51.2 Å². The number of benzene rings is 3. The molecule has 1 amide bonds. The van der Waals surface area contributed by atoms with Gasteiger partial charge in [0.1, 0.15) is 11.6 Å². The van der Waals surface area contributed by atoms with Crippen LogP contribution in [0.3, 0.4) is 0 Å². The summed E-state index contributed by atoms with van der Waals surface area (Å²) in [5.41, 5.74) is 1.15.